The number of aromatic nitrogens is 4. The fraction of sp³-hybridized carbons (Fsp3) is 0.0800. The predicted molar refractivity (Wildman–Crippen MR) is 121 cm³/mol. The molecular formula is C25H21N5. The van der Waals surface area contributed by atoms with Gasteiger partial charge in [-0.15, -0.1) is 0 Å². The van der Waals surface area contributed by atoms with Crippen LogP contribution in [0.25, 0.3) is 27.7 Å². The van der Waals surface area contributed by atoms with Crippen LogP contribution in [0.15, 0.2) is 85.1 Å². The molecule has 3 aromatic carbocycles. The van der Waals surface area contributed by atoms with Gasteiger partial charge >= 0.3 is 0 Å². The van der Waals surface area contributed by atoms with Crippen molar-refractivity contribution in [1.82, 2.24) is 19.5 Å². The van der Waals surface area contributed by atoms with Crippen LogP contribution >= 0.6 is 0 Å². The summed E-state index contributed by atoms with van der Waals surface area (Å²) in [7, 11) is 0. The van der Waals surface area contributed by atoms with Crippen molar-refractivity contribution in [3.63, 3.8) is 0 Å². The fourth-order valence-corrected chi connectivity index (χ4v) is 3.71. The number of aryl methyl sites for hydroxylation is 2. The first kappa shape index (κ1) is 18.1. The first-order valence-electron chi connectivity index (χ1n) is 9.89. The van der Waals surface area contributed by atoms with Crippen molar-refractivity contribution in [1.29, 1.82) is 0 Å². The SMILES string of the molecule is Cc1cc(C)nc(Nc2ncc(-c3ccc4ccccc4c3)n2-c2ccccc2)n1. The molecule has 1 N–H and O–H groups in total. The van der Waals surface area contributed by atoms with E-state index in [0.29, 0.717) is 11.9 Å². The minimum Gasteiger partial charge on any atom is -0.294 e. The van der Waals surface area contributed by atoms with Gasteiger partial charge in [0.1, 0.15) is 0 Å². The summed E-state index contributed by atoms with van der Waals surface area (Å²) in [4.78, 5) is 13.7. The number of hydrogen-bond donors (Lipinski definition) is 1. The second-order valence-corrected chi connectivity index (χ2v) is 7.30. The van der Waals surface area contributed by atoms with E-state index in [1.807, 2.05) is 44.3 Å². The van der Waals surface area contributed by atoms with E-state index < -0.39 is 0 Å². The molecule has 146 valence electrons. The van der Waals surface area contributed by atoms with Crippen molar-refractivity contribution in [3.8, 4) is 16.9 Å². The van der Waals surface area contributed by atoms with Gasteiger partial charge in [0.25, 0.3) is 0 Å². The molecule has 5 aromatic rings. The van der Waals surface area contributed by atoms with E-state index in [4.69, 9.17) is 0 Å². The number of benzene rings is 3. The molecule has 0 aliphatic carbocycles. The van der Waals surface area contributed by atoms with Gasteiger partial charge in [-0.3, -0.25) is 9.88 Å². The second kappa shape index (κ2) is 7.44. The molecular weight excluding hydrogens is 370 g/mol. The fourth-order valence-electron chi connectivity index (χ4n) is 3.71. The number of rotatable bonds is 4. The van der Waals surface area contributed by atoms with Gasteiger partial charge in [0.2, 0.25) is 11.9 Å². The Bertz CT molecular complexity index is 1320. The Balaban J connectivity index is 1.66. The quantitative estimate of drug-likeness (QED) is 0.418. The third kappa shape index (κ3) is 3.42. The molecule has 0 radical (unpaired) electrons. The summed E-state index contributed by atoms with van der Waals surface area (Å²) in [5.41, 5.74) is 4.94. The molecule has 5 nitrogen and oxygen atoms in total. The average Bonchev–Trinajstić information content (AvgIpc) is 3.16. The highest BCUT2D eigenvalue weighted by atomic mass is 15.3. The van der Waals surface area contributed by atoms with Crippen molar-refractivity contribution in [2.75, 3.05) is 5.32 Å². The summed E-state index contributed by atoms with van der Waals surface area (Å²) in [6.45, 7) is 3.92. The Labute approximate surface area is 175 Å². The van der Waals surface area contributed by atoms with E-state index in [2.05, 4.69) is 79.4 Å². The third-order valence-electron chi connectivity index (χ3n) is 5.03. The average molecular weight is 391 g/mol. The molecule has 0 saturated carbocycles. The molecule has 0 aliphatic heterocycles. The lowest BCUT2D eigenvalue weighted by Gasteiger charge is -2.13. The number of nitrogens with one attached hydrogen (secondary N) is 1. The van der Waals surface area contributed by atoms with E-state index in [1.165, 1.54) is 10.8 Å². The standard InChI is InChI=1S/C25H21N5/c1-17-14-18(2)28-24(27-17)29-25-26-16-23(30(25)22-10-4-3-5-11-22)21-13-12-19-8-6-7-9-20(19)15-21/h3-16H,1-2H3,(H,26,27,28,29). The van der Waals surface area contributed by atoms with Crippen LogP contribution in [0.2, 0.25) is 0 Å². The lowest BCUT2D eigenvalue weighted by atomic mass is 10.1. The Kier molecular flexibility index (Phi) is 4.48. The number of anilines is 2. The molecule has 0 saturated heterocycles. The Morgan fingerprint density at radius 3 is 2.20 bits per heavy atom. The molecule has 2 aromatic heterocycles. The summed E-state index contributed by atoms with van der Waals surface area (Å²) in [6, 6.07) is 27.0. The van der Waals surface area contributed by atoms with Crippen molar-refractivity contribution in [3.05, 3.63) is 96.4 Å². The van der Waals surface area contributed by atoms with Gasteiger partial charge in [-0.05, 0) is 48.9 Å². The second-order valence-electron chi connectivity index (χ2n) is 7.30. The van der Waals surface area contributed by atoms with Gasteiger partial charge < -0.3 is 0 Å². The van der Waals surface area contributed by atoms with E-state index in [9.17, 15) is 0 Å². The van der Waals surface area contributed by atoms with Gasteiger partial charge in [0.15, 0.2) is 0 Å². The smallest absolute Gasteiger partial charge is 0.229 e. The minimum atomic E-state index is 0.542. The zero-order chi connectivity index (χ0) is 20.5. The van der Waals surface area contributed by atoms with Gasteiger partial charge in [0, 0.05) is 22.6 Å². The van der Waals surface area contributed by atoms with Crippen LogP contribution in [-0.2, 0) is 0 Å². The maximum Gasteiger partial charge on any atom is 0.229 e. The number of nitrogens with zero attached hydrogens (tertiary/aromatic N) is 4. The minimum absolute atomic E-state index is 0.542. The van der Waals surface area contributed by atoms with Crippen LogP contribution in [0.3, 0.4) is 0 Å². The number of hydrogen-bond acceptors (Lipinski definition) is 4. The normalized spacial score (nSPS) is 11.0. The molecule has 0 bridgehead atoms. The van der Waals surface area contributed by atoms with Crippen LogP contribution in [0.5, 0.6) is 0 Å². The van der Waals surface area contributed by atoms with Crippen LogP contribution in [-0.4, -0.2) is 19.5 Å². The lowest BCUT2D eigenvalue weighted by molar-refractivity contribution is 1.02. The Hall–Kier alpha value is -3.99. The van der Waals surface area contributed by atoms with Crippen LogP contribution < -0.4 is 5.32 Å². The van der Waals surface area contributed by atoms with Crippen molar-refractivity contribution < 1.29 is 0 Å². The van der Waals surface area contributed by atoms with Crippen LogP contribution in [0, 0.1) is 13.8 Å². The number of para-hydroxylation sites is 1. The van der Waals surface area contributed by atoms with Crippen LogP contribution in [0.4, 0.5) is 11.9 Å². The van der Waals surface area contributed by atoms with Gasteiger partial charge in [-0.1, -0.05) is 54.6 Å². The zero-order valence-corrected chi connectivity index (χ0v) is 16.9. The Morgan fingerprint density at radius 2 is 1.43 bits per heavy atom. The molecule has 0 unspecified atom stereocenters. The van der Waals surface area contributed by atoms with E-state index in [0.717, 1.165) is 28.3 Å². The first-order chi connectivity index (χ1) is 14.7. The highest BCUT2D eigenvalue weighted by Gasteiger charge is 2.15. The molecule has 0 amide bonds. The molecule has 5 rings (SSSR count). The van der Waals surface area contributed by atoms with E-state index in [-0.39, 0.29) is 0 Å². The topological polar surface area (TPSA) is 55.6 Å². The number of imidazole rings is 1. The zero-order valence-electron chi connectivity index (χ0n) is 16.9. The summed E-state index contributed by atoms with van der Waals surface area (Å²) >= 11 is 0. The monoisotopic (exact) mass is 391 g/mol. The largest absolute Gasteiger partial charge is 0.294 e. The molecule has 0 atom stereocenters. The van der Waals surface area contributed by atoms with Gasteiger partial charge in [-0.2, -0.15) is 0 Å². The molecule has 5 heteroatoms. The highest BCUT2D eigenvalue weighted by Crippen LogP contribution is 2.30. The maximum atomic E-state index is 4.68. The first-order valence-corrected chi connectivity index (χ1v) is 9.89. The molecule has 0 spiro atoms. The van der Waals surface area contributed by atoms with Gasteiger partial charge in [-0.25, -0.2) is 15.0 Å². The summed E-state index contributed by atoms with van der Waals surface area (Å²) < 4.78 is 2.10. The van der Waals surface area contributed by atoms with Crippen molar-refractivity contribution in [2.45, 2.75) is 13.8 Å². The summed E-state index contributed by atoms with van der Waals surface area (Å²) in [5.74, 6) is 1.22. The van der Waals surface area contributed by atoms with Crippen LogP contribution in [0.1, 0.15) is 11.4 Å². The molecule has 2 heterocycles. The lowest BCUT2D eigenvalue weighted by Crippen LogP contribution is -2.06. The number of fused-ring (bicyclic) bond motifs is 1. The molecule has 0 fully saturated rings. The van der Waals surface area contributed by atoms with Gasteiger partial charge in [0.05, 0.1) is 11.9 Å². The third-order valence-corrected chi connectivity index (χ3v) is 5.03. The predicted octanol–water partition coefficient (Wildman–Crippen LogP) is 5.84. The molecule has 30 heavy (non-hydrogen) atoms. The van der Waals surface area contributed by atoms with E-state index in [1.54, 1.807) is 0 Å². The van der Waals surface area contributed by atoms with Crippen molar-refractivity contribution >= 4 is 22.7 Å². The maximum absolute atomic E-state index is 4.68. The summed E-state index contributed by atoms with van der Waals surface area (Å²) in [6.07, 6.45) is 1.89. The van der Waals surface area contributed by atoms with E-state index >= 15 is 0 Å². The van der Waals surface area contributed by atoms with Crippen molar-refractivity contribution in [2.24, 2.45) is 0 Å². The highest BCUT2D eigenvalue weighted by molar-refractivity contribution is 5.87. The Morgan fingerprint density at radius 1 is 0.733 bits per heavy atom. The summed E-state index contributed by atoms with van der Waals surface area (Å²) in [5, 5.41) is 5.72. The molecule has 0 aliphatic rings.